The molecule has 1 saturated heterocycles. The molecule has 2 heterocycles. The molecule has 2 N–H and O–H groups in total. The Kier molecular flexibility index (Phi) is 3.23. The van der Waals surface area contributed by atoms with Crippen LogP contribution in [0.5, 0.6) is 0 Å². The minimum atomic E-state index is 0.294. The van der Waals surface area contributed by atoms with E-state index >= 15 is 0 Å². The van der Waals surface area contributed by atoms with E-state index < -0.39 is 0 Å². The molecule has 1 aliphatic heterocycles. The van der Waals surface area contributed by atoms with Gasteiger partial charge < -0.3 is 15.4 Å². The highest BCUT2D eigenvalue weighted by Crippen LogP contribution is 2.21. The first-order valence-electron chi connectivity index (χ1n) is 4.84. The number of halogens is 1. The Morgan fingerprint density at radius 1 is 1.60 bits per heavy atom. The zero-order valence-corrected chi connectivity index (χ0v) is 9.21. The first kappa shape index (κ1) is 10.4. The molecule has 1 unspecified atom stereocenters. The molecule has 0 radical (unpaired) electrons. The van der Waals surface area contributed by atoms with Crippen molar-refractivity contribution in [2.45, 2.75) is 12.5 Å². The summed E-state index contributed by atoms with van der Waals surface area (Å²) in [5, 5.41) is 6.63. The summed E-state index contributed by atoms with van der Waals surface area (Å²) in [5.41, 5.74) is 0. The average molecular weight is 229 g/mol. The quantitative estimate of drug-likeness (QED) is 0.819. The molecule has 5 nitrogen and oxygen atoms in total. The molecule has 0 spiro atoms. The summed E-state index contributed by atoms with van der Waals surface area (Å²) in [6.07, 6.45) is 2.56. The fourth-order valence-corrected chi connectivity index (χ4v) is 1.58. The molecule has 6 heteroatoms. The van der Waals surface area contributed by atoms with E-state index in [4.69, 9.17) is 16.3 Å². The number of hydrogen-bond donors (Lipinski definition) is 2. The van der Waals surface area contributed by atoms with Crippen LogP contribution in [0, 0.1) is 0 Å². The maximum atomic E-state index is 5.98. The fraction of sp³-hybridized carbons (Fsp3) is 0.556. The molecular weight excluding hydrogens is 216 g/mol. The third-order valence-corrected chi connectivity index (χ3v) is 2.51. The third-order valence-electron chi connectivity index (χ3n) is 2.24. The summed E-state index contributed by atoms with van der Waals surface area (Å²) in [6.45, 7) is 1.49. The predicted molar refractivity (Wildman–Crippen MR) is 59.4 cm³/mol. The van der Waals surface area contributed by atoms with Gasteiger partial charge in [0, 0.05) is 13.7 Å². The molecule has 2 rings (SSSR count). The maximum absolute atomic E-state index is 5.98. The Bertz CT molecular complexity index is 341. The van der Waals surface area contributed by atoms with Gasteiger partial charge in [0.25, 0.3) is 0 Å². The van der Waals surface area contributed by atoms with Crippen molar-refractivity contribution in [1.29, 1.82) is 0 Å². The standard InChI is InChI=1S/C9H13ClN4O/c1-11-9-12-4-7(10)8(14-9)13-6-2-3-15-5-6/h4,6H,2-3,5H2,1H3,(H2,11,12,13,14). The molecule has 1 atom stereocenters. The van der Waals surface area contributed by atoms with E-state index in [-0.39, 0.29) is 0 Å². The molecule has 0 amide bonds. The van der Waals surface area contributed by atoms with Crippen LogP contribution in [0.4, 0.5) is 11.8 Å². The van der Waals surface area contributed by atoms with Crippen molar-refractivity contribution in [2.24, 2.45) is 0 Å². The van der Waals surface area contributed by atoms with Gasteiger partial charge in [0.05, 0.1) is 18.8 Å². The highest BCUT2D eigenvalue weighted by molar-refractivity contribution is 6.32. The summed E-state index contributed by atoms with van der Waals surface area (Å²) >= 11 is 5.98. The van der Waals surface area contributed by atoms with Crippen LogP contribution < -0.4 is 10.6 Å². The molecule has 0 aliphatic carbocycles. The minimum absolute atomic E-state index is 0.294. The first-order chi connectivity index (χ1) is 7.29. The van der Waals surface area contributed by atoms with E-state index in [0.717, 1.165) is 13.0 Å². The lowest BCUT2D eigenvalue weighted by molar-refractivity contribution is 0.195. The second-order valence-corrected chi connectivity index (χ2v) is 3.75. The number of nitrogens with one attached hydrogen (secondary N) is 2. The third kappa shape index (κ3) is 2.49. The fourth-order valence-electron chi connectivity index (χ4n) is 1.43. The Balaban J connectivity index is 2.11. The van der Waals surface area contributed by atoms with E-state index in [9.17, 15) is 0 Å². The second-order valence-electron chi connectivity index (χ2n) is 3.35. The van der Waals surface area contributed by atoms with E-state index in [2.05, 4.69) is 20.6 Å². The molecule has 15 heavy (non-hydrogen) atoms. The molecular formula is C9H13ClN4O. The van der Waals surface area contributed by atoms with Gasteiger partial charge in [-0.25, -0.2) is 4.98 Å². The molecule has 1 fully saturated rings. The van der Waals surface area contributed by atoms with Crippen molar-refractivity contribution in [2.75, 3.05) is 30.9 Å². The molecule has 0 aromatic carbocycles. The van der Waals surface area contributed by atoms with Gasteiger partial charge in [-0.2, -0.15) is 4.98 Å². The van der Waals surface area contributed by atoms with Crippen molar-refractivity contribution >= 4 is 23.4 Å². The first-order valence-corrected chi connectivity index (χ1v) is 5.22. The molecule has 1 aromatic rings. The minimum Gasteiger partial charge on any atom is -0.379 e. The average Bonchev–Trinajstić information content (AvgIpc) is 2.74. The summed E-state index contributed by atoms with van der Waals surface area (Å²) in [4.78, 5) is 8.24. The van der Waals surface area contributed by atoms with Crippen LogP contribution in [0.15, 0.2) is 6.20 Å². The van der Waals surface area contributed by atoms with Crippen LogP contribution in [0.3, 0.4) is 0 Å². The number of aromatic nitrogens is 2. The second kappa shape index (κ2) is 4.63. The summed E-state index contributed by atoms with van der Waals surface area (Å²) < 4.78 is 5.26. The van der Waals surface area contributed by atoms with Crippen molar-refractivity contribution in [3.05, 3.63) is 11.2 Å². The van der Waals surface area contributed by atoms with Gasteiger partial charge in [0.1, 0.15) is 5.02 Å². The Morgan fingerprint density at radius 3 is 3.13 bits per heavy atom. The normalized spacial score (nSPS) is 20.3. The molecule has 1 aliphatic rings. The van der Waals surface area contributed by atoms with Crippen LogP contribution in [-0.2, 0) is 4.74 Å². The zero-order valence-electron chi connectivity index (χ0n) is 8.46. The van der Waals surface area contributed by atoms with Crippen LogP contribution in [0.2, 0.25) is 5.02 Å². The lowest BCUT2D eigenvalue weighted by Crippen LogP contribution is -2.20. The van der Waals surface area contributed by atoms with Crippen molar-refractivity contribution in [3.63, 3.8) is 0 Å². The van der Waals surface area contributed by atoms with Gasteiger partial charge >= 0.3 is 0 Å². The topological polar surface area (TPSA) is 59.1 Å². The van der Waals surface area contributed by atoms with E-state index in [1.807, 2.05) is 0 Å². The van der Waals surface area contributed by atoms with Crippen molar-refractivity contribution in [3.8, 4) is 0 Å². The Labute approximate surface area is 93.2 Å². The van der Waals surface area contributed by atoms with E-state index in [1.54, 1.807) is 13.2 Å². The highest BCUT2D eigenvalue weighted by atomic mass is 35.5. The maximum Gasteiger partial charge on any atom is 0.224 e. The lowest BCUT2D eigenvalue weighted by Gasteiger charge is -2.12. The highest BCUT2D eigenvalue weighted by Gasteiger charge is 2.17. The smallest absolute Gasteiger partial charge is 0.224 e. The summed E-state index contributed by atoms with van der Waals surface area (Å²) in [6, 6.07) is 0.294. The van der Waals surface area contributed by atoms with Crippen molar-refractivity contribution < 1.29 is 4.74 Å². The summed E-state index contributed by atoms with van der Waals surface area (Å²) in [5.74, 6) is 1.22. The van der Waals surface area contributed by atoms with Gasteiger partial charge in [-0.15, -0.1) is 0 Å². The molecule has 0 bridgehead atoms. The van der Waals surface area contributed by atoms with Crippen LogP contribution in [0.25, 0.3) is 0 Å². The molecule has 1 aromatic heterocycles. The SMILES string of the molecule is CNc1ncc(Cl)c(NC2CCOC2)n1. The van der Waals surface area contributed by atoms with Crippen LogP contribution in [0.1, 0.15) is 6.42 Å². The van der Waals surface area contributed by atoms with Gasteiger partial charge in [0.2, 0.25) is 5.95 Å². The van der Waals surface area contributed by atoms with Crippen molar-refractivity contribution in [1.82, 2.24) is 9.97 Å². The predicted octanol–water partition coefficient (Wildman–Crippen LogP) is 1.37. The van der Waals surface area contributed by atoms with E-state index in [0.29, 0.717) is 29.4 Å². The Hall–Kier alpha value is -1.07. The Morgan fingerprint density at radius 2 is 2.47 bits per heavy atom. The summed E-state index contributed by atoms with van der Waals surface area (Å²) in [7, 11) is 1.77. The zero-order chi connectivity index (χ0) is 10.7. The largest absolute Gasteiger partial charge is 0.379 e. The monoisotopic (exact) mass is 228 g/mol. The van der Waals surface area contributed by atoms with Gasteiger partial charge in [-0.1, -0.05) is 11.6 Å². The number of anilines is 2. The number of rotatable bonds is 3. The van der Waals surface area contributed by atoms with Crippen LogP contribution in [-0.4, -0.2) is 36.3 Å². The molecule has 82 valence electrons. The lowest BCUT2D eigenvalue weighted by atomic mass is 10.2. The number of hydrogen-bond acceptors (Lipinski definition) is 5. The molecule has 0 saturated carbocycles. The van der Waals surface area contributed by atoms with Gasteiger partial charge in [-0.3, -0.25) is 0 Å². The van der Waals surface area contributed by atoms with Gasteiger partial charge in [0.15, 0.2) is 5.82 Å². The number of ether oxygens (including phenoxy) is 1. The number of nitrogens with zero attached hydrogens (tertiary/aromatic N) is 2. The van der Waals surface area contributed by atoms with Crippen LogP contribution >= 0.6 is 11.6 Å². The van der Waals surface area contributed by atoms with Gasteiger partial charge in [-0.05, 0) is 6.42 Å². The van der Waals surface area contributed by atoms with E-state index in [1.165, 1.54) is 0 Å².